The Morgan fingerprint density at radius 2 is 2.04 bits per heavy atom. The van der Waals surface area contributed by atoms with E-state index in [2.05, 4.69) is 0 Å². The molecule has 0 saturated heterocycles. The van der Waals surface area contributed by atoms with Crippen LogP contribution in [-0.4, -0.2) is 19.5 Å². The highest BCUT2D eigenvalue weighted by atomic mass is 16.5. The number of ether oxygens (including phenoxy) is 2. The van der Waals surface area contributed by atoms with Crippen molar-refractivity contribution >= 4 is 22.8 Å². The second kappa shape index (κ2) is 7.37. The van der Waals surface area contributed by atoms with Crippen LogP contribution in [0, 0.1) is 11.3 Å². The summed E-state index contributed by atoms with van der Waals surface area (Å²) in [5, 5.41) is 9.39. The molecule has 0 bridgehead atoms. The Balaban J connectivity index is 1.75. The molecule has 0 aliphatic carbocycles. The number of hydrogen-bond acceptors (Lipinski definition) is 5. The van der Waals surface area contributed by atoms with Gasteiger partial charge in [0.25, 0.3) is 0 Å². The van der Waals surface area contributed by atoms with Gasteiger partial charge in [-0.05, 0) is 48.6 Å². The largest absolute Gasteiger partial charge is 0.493 e. The number of benzene rings is 2. The van der Waals surface area contributed by atoms with E-state index in [0.29, 0.717) is 28.4 Å². The van der Waals surface area contributed by atoms with Crippen LogP contribution in [0.3, 0.4) is 0 Å². The number of rotatable bonds is 6. The summed E-state index contributed by atoms with van der Waals surface area (Å²) in [5.74, 6) is 1.61. The molecule has 25 heavy (non-hydrogen) atoms. The van der Waals surface area contributed by atoms with Crippen molar-refractivity contribution < 1.29 is 18.7 Å². The summed E-state index contributed by atoms with van der Waals surface area (Å²) < 4.78 is 16.1. The van der Waals surface area contributed by atoms with Gasteiger partial charge < -0.3 is 13.9 Å². The molecule has 2 aromatic carbocycles. The summed E-state index contributed by atoms with van der Waals surface area (Å²) in [5.41, 5.74) is 1.17. The monoisotopic (exact) mass is 333 g/mol. The van der Waals surface area contributed by atoms with Gasteiger partial charge >= 0.3 is 0 Å². The van der Waals surface area contributed by atoms with Crippen molar-refractivity contribution in [2.24, 2.45) is 0 Å². The van der Waals surface area contributed by atoms with E-state index in [0.717, 1.165) is 5.39 Å². The minimum atomic E-state index is -0.153. The average molecular weight is 333 g/mol. The third-order valence-corrected chi connectivity index (χ3v) is 3.59. The Labute approximate surface area is 144 Å². The smallest absolute Gasteiger partial charge is 0.185 e. The molecule has 124 valence electrons. The van der Waals surface area contributed by atoms with Crippen molar-refractivity contribution in [3.05, 3.63) is 65.9 Å². The number of methoxy groups -OCH3 is 1. The molecule has 5 heteroatoms. The Morgan fingerprint density at radius 3 is 2.76 bits per heavy atom. The molecule has 0 amide bonds. The number of nitriles is 1. The fourth-order valence-corrected chi connectivity index (χ4v) is 2.38. The number of para-hydroxylation sites is 1. The number of nitrogens with zero attached hydrogens (tertiary/aromatic N) is 1. The fraction of sp³-hybridized carbons (Fsp3) is 0.100. The number of carbonyl (C=O) groups is 1. The van der Waals surface area contributed by atoms with Gasteiger partial charge in [0, 0.05) is 10.9 Å². The second-order valence-corrected chi connectivity index (χ2v) is 5.20. The number of furan rings is 1. The van der Waals surface area contributed by atoms with Gasteiger partial charge in [0.05, 0.1) is 7.11 Å². The molecular formula is C20H15NO4. The van der Waals surface area contributed by atoms with Crippen molar-refractivity contribution in [1.82, 2.24) is 0 Å². The maximum absolute atomic E-state index is 12.2. The van der Waals surface area contributed by atoms with E-state index in [1.54, 1.807) is 37.5 Å². The van der Waals surface area contributed by atoms with Crippen molar-refractivity contribution in [1.29, 1.82) is 5.26 Å². The second-order valence-electron chi connectivity index (χ2n) is 5.20. The fourth-order valence-electron chi connectivity index (χ4n) is 2.38. The van der Waals surface area contributed by atoms with Crippen LogP contribution < -0.4 is 9.47 Å². The average Bonchev–Trinajstić information content (AvgIpc) is 3.08. The lowest BCUT2D eigenvalue weighted by atomic mass is 10.1. The van der Waals surface area contributed by atoms with E-state index in [9.17, 15) is 4.79 Å². The molecule has 0 spiro atoms. The lowest BCUT2D eigenvalue weighted by Crippen LogP contribution is -1.96. The third kappa shape index (κ3) is 3.70. The molecule has 0 radical (unpaired) electrons. The first-order valence-corrected chi connectivity index (χ1v) is 7.60. The predicted octanol–water partition coefficient (Wildman–Crippen LogP) is 4.24. The first kappa shape index (κ1) is 16.3. The molecule has 0 N–H and O–H groups in total. The minimum absolute atomic E-state index is 0.0251. The maximum atomic E-state index is 12.2. The minimum Gasteiger partial charge on any atom is -0.493 e. The van der Waals surface area contributed by atoms with Gasteiger partial charge in [0.2, 0.25) is 0 Å². The van der Waals surface area contributed by atoms with Gasteiger partial charge in [0.1, 0.15) is 17.6 Å². The summed E-state index contributed by atoms with van der Waals surface area (Å²) in [6.45, 7) is -0.0251. The quantitative estimate of drug-likeness (QED) is 0.498. The van der Waals surface area contributed by atoms with Crippen LogP contribution in [0.25, 0.3) is 17.0 Å². The molecule has 3 rings (SSSR count). The summed E-state index contributed by atoms with van der Waals surface area (Å²) >= 11 is 0. The normalized spacial score (nSPS) is 10.7. The van der Waals surface area contributed by atoms with E-state index in [1.165, 1.54) is 6.08 Å². The van der Waals surface area contributed by atoms with E-state index in [-0.39, 0.29) is 12.4 Å². The molecular weight excluding hydrogens is 318 g/mol. The van der Waals surface area contributed by atoms with Crippen molar-refractivity contribution in [3.63, 3.8) is 0 Å². The van der Waals surface area contributed by atoms with Crippen LogP contribution >= 0.6 is 0 Å². The van der Waals surface area contributed by atoms with Gasteiger partial charge in [-0.25, -0.2) is 0 Å². The molecule has 0 unspecified atom stereocenters. The standard InChI is InChI=1S/C20H15NO4/c1-23-19-4-2-3-15-13-17(25-20(15)19)9-10-18(22)14-5-7-16(8-6-14)24-12-11-21/h2-10,13H,12H2,1H3/b10-9+. The summed E-state index contributed by atoms with van der Waals surface area (Å²) in [4.78, 5) is 12.2. The molecule has 1 heterocycles. The Bertz CT molecular complexity index is 962. The van der Waals surface area contributed by atoms with E-state index in [1.807, 2.05) is 30.3 Å². The van der Waals surface area contributed by atoms with E-state index >= 15 is 0 Å². The number of allylic oxidation sites excluding steroid dienone is 1. The molecule has 0 fully saturated rings. The SMILES string of the molecule is COc1cccc2cc(/C=C/C(=O)c3ccc(OCC#N)cc3)oc12. The van der Waals surface area contributed by atoms with Gasteiger partial charge in [-0.15, -0.1) is 0 Å². The molecule has 0 aliphatic rings. The van der Waals surface area contributed by atoms with E-state index in [4.69, 9.17) is 19.2 Å². The van der Waals surface area contributed by atoms with Crippen LogP contribution in [0.1, 0.15) is 16.1 Å². The van der Waals surface area contributed by atoms with Gasteiger partial charge in [0.15, 0.2) is 23.7 Å². The lowest BCUT2D eigenvalue weighted by Gasteiger charge is -2.01. The maximum Gasteiger partial charge on any atom is 0.185 e. The van der Waals surface area contributed by atoms with Crippen LogP contribution in [0.4, 0.5) is 0 Å². The van der Waals surface area contributed by atoms with Gasteiger partial charge in [-0.3, -0.25) is 4.79 Å². The summed E-state index contributed by atoms with van der Waals surface area (Å²) in [6, 6.07) is 16.0. The van der Waals surface area contributed by atoms with Crippen LogP contribution in [-0.2, 0) is 0 Å². The van der Waals surface area contributed by atoms with Gasteiger partial charge in [-0.2, -0.15) is 5.26 Å². The number of fused-ring (bicyclic) bond motifs is 1. The van der Waals surface area contributed by atoms with Crippen LogP contribution in [0.15, 0.2) is 59.0 Å². The third-order valence-electron chi connectivity index (χ3n) is 3.59. The number of carbonyl (C=O) groups excluding carboxylic acids is 1. The highest BCUT2D eigenvalue weighted by Gasteiger charge is 2.08. The highest BCUT2D eigenvalue weighted by Crippen LogP contribution is 2.29. The molecule has 0 atom stereocenters. The summed E-state index contributed by atoms with van der Waals surface area (Å²) in [6.07, 6.45) is 3.08. The van der Waals surface area contributed by atoms with Gasteiger partial charge in [-0.1, -0.05) is 12.1 Å². The van der Waals surface area contributed by atoms with Crippen molar-refractivity contribution in [3.8, 4) is 17.6 Å². The van der Waals surface area contributed by atoms with Crippen molar-refractivity contribution in [2.45, 2.75) is 0 Å². The van der Waals surface area contributed by atoms with Crippen LogP contribution in [0.2, 0.25) is 0 Å². The first-order valence-electron chi connectivity index (χ1n) is 7.60. The van der Waals surface area contributed by atoms with Crippen molar-refractivity contribution in [2.75, 3.05) is 13.7 Å². The van der Waals surface area contributed by atoms with Crippen LogP contribution in [0.5, 0.6) is 11.5 Å². The first-order chi connectivity index (χ1) is 12.2. The topological polar surface area (TPSA) is 72.5 Å². The molecule has 3 aromatic rings. The molecule has 0 saturated carbocycles. The zero-order valence-electron chi connectivity index (χ0n) is 13.6. The molecule has 1 aromatic heterocycles. The Morgan fingerprint density at radius 1 is 1.24 bits per heavy atom. The highest BCUT2D eigenvalue weighted by molar-refractivity contribution is 6.06. The van der Waals surface area contributed by atoms with E-state index < -0.39 is 0 Å². The Hall–Kier alpha value is -3.52. The molecule has 5 nitrogen and oxygen atoms in total. The molecule has 0 aliphatic heterocycles. The number of ketones is 1. The predicted molar refractivity (Wildman–Crippen MR) is 93.7 cm³/mol. The zero-order valence-corrected chi connectivity index (χ0v) is 13.6. The zero-order chi connectivity index (χ0) is 17.6. The lowest BCUT2D eigenvalue weighted by molar-refractivity contribution is 0.104. The summed E-state index contributed by atoms with van der Waals surface area (Å²) in [7, 11) is 1.58. The number of hydrogen-bond donors (Lipinski definition) is 0. The Kier molecular flexibility index (Phi) is 4.82.